The van der Waals surface area contributed by atoms with Gasteiger partial charge in [0.1, 0.15) is 11.4 Å². The number of amides is 1. The second-order valence-electron chi connectivity index (χ2n) is 5.17. The van der Waals surface area contributed by atoms with Gasteiger partial charge in [-0.2, -0.15) is 4.99 Å². The first kappa shape index (κ1) is 18.0. The predicted octanol–water partition coefficient (Wildman–Crippen LogP) is 2.64. The van der Waals surface area contributed by atoms with Gasteiger partial charge in [0.05, 0.1) is 12.0 Å². The summed E-state index contributed by atoms with van der Waals surface area (Å²) in [6.07, 6.45) is 3.58. The number of hydrogen-bond acceptors (Lipinski definition) is 4. The number of hydrogen-bond donors (Lipinski definition) is 2. The van der Waals surface area contributed by atoms with Crippen molar-refractivity contribution in [2.24, 2.45) is 4.99 Å². The molecule has 0 bridgehead atoms. The van der Waals surface area contributed by atoms with Crippen molar-refractivity contribution in [3.05, 3.63) is 59.2 Å². The van der Waals surface area contributed by atoms with Crippen LogP contribution in [0.4, 0.5) is 4.79 Å². The first-order valence-corrected chi connectivity index (χ1v) is 7.55. The quantitative estimate of drug-likeness (QED) is 0.832. The Balaban J connectivity index is 2.41. The lowest BCUT2D eigenvalue weighted by Gasteiger charge is -2.08. The largest absolute Gasteiger partial charge is 0.507 e. The molecule has 0 spiro atoms. The van der Waals surface area contributed by atoms with Crippen LogP contribution < -0.4 is 5.36 Å². The fourth-order valence-electron chi connectivity index (χ4n) is 2.10. The van der Waals surface area contributed by atoms with Crippen LogP contribution in [-0.2, 0) is 9.53 Å². The molecule has 7 heteroatoms. The van der Waals surface area contributed by atoms with E-state index in [1.807, 2.05) is 6.92 Å². The van der Waals surface area contributed by atoms with Gasteiger partial charge >= 0.3 is 12.1 Å². The van der Waals surface area contributed by atoms with Gasteiger partial charge in [-0.15, -0.1) is 0 Å². The molecule has 7 nitrogen and oxygen atoms in total. The lowest BCUT2D eigenvalue weighted by atomic mass is 10.1. The highest BCUT2D eigenvalue weighted by molar-refractivity contribution is 6.14. The Morgan fingerprint density at radius 2 is 1.92 bits per heavy atom. The SMILES string of the molecule is CCOC(=O)N=c1ccn(C(=Cc2cc(C)ccc2O)C(=O)O)cc1. The van der Waals surface area contributed by atoms with Crippen LogP contribution in [-0.4, -0.2) is 33.4 Å². The minimum atomic E-state index is -1.17. The maximum Gasteiger partial charge on any atom is 0.434 e. The highest BCUT2D eigenvalue weighted by atomic mass is 16.5. The summed E-state index contributed by atoms with van der Waals surface area (Å²) in [5.41, 5.74) is 1.22. The van der Waals surface area contributed by atoms with E-state index < -0.39 is 12.1 Å². The van der Waals surface area contributed by atoms with Crippen LogP contribution in [0.2, 0.25) is 0 Å². The minimum Gasteiger partial charge on any atom is -0.507 e. The number of phenolic OH excluding ortho intramolecular Hbond substituents is 1. The highest BCUT2D eigenvalue weighted by Gasteiger charge is 2.10. The maximum atomic E-state index is 11.6. The third-order valence-corrected chi connectivity index (χ3v) is 3.27. The van der Waals surface area contributed by atoms with Gasteiger partial charge in [-0.3, -0.25) is 0 Å². The third-order valence-electron chi connectivity index (χ3n) is 3.27. The van der Waals surface area contributed by atoms with Crippen LogP contribution in [0.1, 0.15) is 18.1 Å². The zero-order chi connectivity index (χ0) is 18.4. The number of aliphatic carboxylic acids is 1. The molecular weight excluding hydrogens is 324 g/mol. The molecule has 1 heterocycles. The van der Waals surface area contributed by atoms with Crippen molar-refractivity contribution in [1.82, 2.24) is 4.57 Å². The molecule has 0 aliphatic rings. The predicted molar refractivity (Wildman–Crippen MR) is 91.7 cm³/mol. The van der Waals surface area contributed by atoms with Gasteiger partial charge in [-0.25, -0.2) is 9.59 Å². The number of benzene rings is 1. The molecule has 1 aromatic carbocycles. The Kier molecular flexibility index (Phi) is 5.73. The zero-order valence-corrected chi connectivity index (χ0v) is 13.8. The van der Waals surface area contributed by atoms with E-state index in [1.54, 1.807) is 19.1 Å². The Morgan fingerprint density at radius 3 is 2.52 bits per heavy atom. The number of carboxylic acid groups (broad SMARTS) is 1. The molecule has 2 aromatic rings. The zero-order valence-electron chi connectivity index (χ0n) is 13.8. The Bertz CT molecular complexity index is 876. The lowest BCUT2D eigenvalue weighted by Crippen LogP contribution is -2.12. The van der Waals surface area contributed by atoms with Gasteiger partial charge in [0, 0.05) is 18.0 Å². The first-order valence-electron chi connectivity index (χ1n) is 7.55. The van der Waals surface area contributed by atoms with Crippen LogP contribution in [0.15, 0.2) is 47.7 Å². The minimum absolute atomic E-state index is 0.0149. The number of nitrogens with zero attached hydrogens (tertiary/aromatic N) is 2. The summed E-state index contributed by atoms with van der Waals surface area (Å²) < 4.78 is 6.07. The van der Waals surface area contributed by atoms with Gasteiger partial charge in [-0.1, -0.05) is 11.6 Å². The molecule has 130 valence electrons. The summed E-state index contributed by atoms with van der Waals surface area (Å²) in [4.78, 5) is 26.6. The number of aromatic nitrogens is 1. The standard InChI is InChI=1S/C18H18N2O5/c1-3-25-18(24)19-14-6-8-20(9-7-14)15(17(22)23)11-13-10-12(2)4-5-16(13)21/h4-11,21H,3H2,1-2H3,(H,22,23). The molecular formula is C18H18N2O5. The maximum absolute atomic E-state index is 11.6. The van der Waals surface area contributed by atoms with Gasteiger partial charge in [0.2, 0.25) is 0 Å². The summed E-state index contributed by atoms with van der Waals surface area (Å²) in [7, 11) is 0. The summed E-state index contributed by atoms with van der Waals surface area (Å²) in [6, 6.07) is 7.90. The molecule has 0 saturated heterocycles. The molecule has 25 heavy (non-hydrogen) atoms. The van der Waals surface area contributed by atoms with Gasteiger partial charge < -0.3 is 19.5 Å². The van der Waals surface area contributed by atoms with Crippen LogP contribution in [0.5, 0.6) is 5.75 Å². The number of phenols is 1. The second kappa shape index (κ2) is 7.96. The van der Waals surface area contributed by atoms with Gasteiger partial charge in [-0.05, 0) is 44.2 Å². The number of carbonyl (C=O) groups excluding carboxylic acids is 1. The Labute approximate surface area is 144 Å². The van der Waals surface area contributed by atoms with Crippen molar-refractivity contribution < 1.29 is 24.5 Å². The molecule has 0 saturated carbocycles. The number of ether oxygens (including phenoxy) is 1. The van der Waals surface area contributed by atoms with Crippen molar-refractivity contribution >= 4 is 23.8 Å². The van der Waals surface area contributed by atoms with Gasteiger partial charge in [0.15, 0.2) is 0 Å². The molecule has 1 aromatic heterocycles. The van der Waals surface area contributed by atoms with E-state index in [1.165, 1.54) is 41.2 Å². The summed E-state index contributed by atoms with van der Waals surface area (Å²) in [5, 5.41) is 19.7. The molecule has 2 rings (SSSR count). The van der Waals surface area contributed by atoms with Crippen LogP contribution in [0.3, 0.4) is 0 Å². The number of rotatable bonds is 4. The molecule has 0 radical (unpaired) electrons. The second-order valence-corrected chi connectivity index (χ2v) is 5.17. The molecule has 0 unspecified atom stereocenters. The molecule has 1 amide bonds. The average Bonchev–Trinajstić information content (AvgIpc) is 2.56. The summed E-state index contributed by atoms with van der Waals surface area (Å²) >= 11 is 0. The van der Waals surface area contributed by atoms with E-state index in [4.69, 9.17) is 4.74 Å². The van der Waals surface area contributed by atoms with E-state index >= 15 is 0 Å². The molecule has 0 fully saturated rings. The topological polar surface area (TPSA) is 101 Å². The number of carbonyl (C=O) groups is 2. The van der Waals surface area contributed by atoms with E-state index in [0.29, 0.717) is 10.9 Å². The van der Waals surface area contributed by atoms with Crippen LogP contribution >= 0.6 is 0 Å². The van der Waals surface area contributed by atoms with Crippen LogP contribution in [0.25, 0.3) is 11.8 Å². The van der Waals surface area contributed by atoms with E-state index in [9.17, 15) is 19.8 Å². The van der Waals surface area contributed by atoms with E-state index in [0.717, 1.165) is 5.56 Å². The van der Waals surface area contributed by atoms with Crippen molar-refractivity contribution in [2.45, 2.75) is 13.8 Å². The molecule has 2 N–H and O–H groups in total. The van der Waals surface area contributed by atoms with E-state index in [-0.39, 0.29) is 18.1 Å². The van der Waals surface area contributed by atoms with Crippen molar-refractivity contribution in [3.8, 4) is 5.75 Å². The van der Waals surface area contributed by atoms with Crippen molar-refractivity contribution in [3.63, 3.8) is 0 Å². The molecule has 0 aliphatic heterocycles. The lowest BCUT2D eigenvalue weighted by molar-refractivity contribution is -0.130. The fourth-order valence-corrected chi connectivity index (χ4v) is 2.10. The Morgan fingerprint density at radius 1 is 1.24 bits per heavy atom. The molecule has 0 atom stereocenters. The smallest absolute Gasteiger partial charge is 0.434 e. The molecule has 0 aliphatic carbocycles. The third kappa shape index (κ3) is 4.81. The normalized spacial score (nSPS) is 11.0. The monoisotopic (exact) mass is 342 g/mol. The summed E-state index contributed by atoms with van der Waals surface area (Å²) in [5.74, 6) is -1.18. The fraction of sp³-hybridized carbons (Fsp3) is 0.167. The van der Waals surface area contributed by atoms with Crippen molar-refractivity contribution in [1.29, 1.82) is 0 Å². The first-order chi connectivity index (χ1) is 11.9. The van der Waals surface area contributed by atoms with Gasteiger partial charge in [0.25, 0.3) is 0 Å². The summed E-state index contributed by atoms with van der Waals surface area (Å²) in [6.45, 7) is 3.74. The number of aryl methyl sites for hydroxylation is 1. The number of aromatic hydroxyl groups is 1. The highest BCUT2D eigenvalue weighted by Crippen LogP contribution is 2.22. The van der Waals surface area contributed by atoms with Crippen LogP contribution in [0, 0.1) is 6.92 Å². The Hall–Kier alpha value is -3.35. The van der Waals surface area contributed by atoms with E-state index in [2.05, 4.69) is 4.99 Å². The number of pyridine rings is 1. The average molecular weight is 342 g/mol. The van der Waals surface area contributed by atoms with Crippen molar-refractivity contribution in [2.75, 3.05) is 6.61 Å². The number of carboxylic acids is 1.